The maximum Gasteiger partial charge on any atom is 0.326 e. The van der Waals surface area contributed by atoms with Crippen molar-refractivity contribution in [1.82, 2.24) is 24.6 Å². The summed E-state index contributed by atoms with van der Waals surface area (Å²) < 4.78 is 1.90. The van der Waals surface area contributed by atoms with E-state index in [1.165, 1.54) is 11.8 Å². The number of carbonyl (C=O) groups excluding carboxylic acids is 1. The largest absolute Gasteiger partial charge is 0.480 e. The van der Waals surface area contributed by atoms with Gasteiger partial charge in [-0.2, -0.15) is 5.10 Å². The maximum atomic E-state index is 11.8. The number of nitrogens with zero attached hydrogens (tertiary/aromatic N) is 5. The molecule has 2 fully saturated rings. The third kappa shape index (κ3) is 3.15. The van der Waals surface area contributed by atoms with Crippen molar-refractivity contribution < 1.29 is 14.7 Å². The number of amides is 1. The number of rotatable bonds is 4. The van der Waals surface area contributed by atoms with Crippen LogP contribution >= 0.6 is 0 Å². The van der Waals surface area contributed by atoms with Gasteiger partial charge < -0.3 is 10.0 Å². The van der Waals surface area contributed by atoms with Crippen LogP contribution in [-0.2, 0) is 22.7 Å². The highest BCUT2D eigenvalue weighted by Gasteiger charge is 2.49. The molecule has 1 amide bonds. The van der Waals surface area contributed by atoms with Gasteiger partial charge in [-0.1, -0.05) is 0 Å². The number of carboxylic acid groups (broad SMARTS) is 1. The molecule has 0 bridgehead atoms. The van der Waals surface area contributed by atoms with E-state index in [4.69, 9.17) is 0 Å². The second kappa shape index (κ2) is 6.51. The van der Waals surface area contributed by atoms with Gasteiger partial charge >= 0.3 is 5.97 Å². The van der Waals surface area contributed by atoms with Crippen LogP contribution in [0.1, 0.15) is 38.9 Å². The Morgan fingerprint density at radius 2 is 2.08 bits per heavy atom. The zero-order valence-electron chi connectivity index (χ0n) is 14.3. The Morgan fingerprint density at radius 3 is 2.62 bits per heavy atom. The van der Waals surface area contributed by atoms with Crippen LogP contribution in [0.4, 0.5) is 0 Å². The Kier molecular flexibility index (Phi) is 4.58. The van der Waals surface area contributed by atoms with E-state index < -0.39 is 12.0 Å². The molecule has 132 valence electrons. The number of piperidine rings is 1. The molecule has 1 spiro atoms. The fraction of sp³-hybridized carbons (Fsp3) is 0.750. The van der Waals surface area contributed by atoms with E-state index in [1.807, 2.05) is 11.6 Å². The molecule has 0 unspecified atom stereocenters. The molecule has 3 heterocycles. The SMILES string of the molecule is CCn1ncnc1CN1CCC2(CC1)C[C@H](C(=O)O)N(C(C)=O)C2. The summed E-state index contributed by atoms with van der Waals surface area (Å²) in [5.74, 6) is -0.0630. The number of aromatic nitrogens is 3. The van der Waals surface area contributed by atoms with Crippen molar-refractivity contribution in [2.24, 2.45) is 5.41 Å². The van der Waals surface area contributed by atoms with E-state index in [1.54, 1.807) is 6.33 Å². The molecule has 8 nitrogen and oxygen atoms in total. The van der Waals surface area contributed by atoms with E-state index in [2.05, 4.69) is 15.0 Å². The third-order valence-corrected chi connectivity index (χ3v) is 5.47. The lowest BCUT2D eigenvalue weighted by molar-refractivity contribution is -0.147. The van der Waals surface area contributed by atoms with Crippen molar-refractivity contribution in [3.63, 3.8) is 0 Å². The van der Waals surface area contributed by atoms with Gasteiger partial charge in [-0.05, 0) is 44.7 Å². The first-order valence-corrected chi connectivity index (χ1v) is 8.53. The summed E-state index contributed by atoms with van der Waals surface area (Å²) in [7, 11) is 0. The minimum absolute atomic E-state index is 0.0519. The maximum absolute atomic E-state index is 11.8. The molecular formula is C16H25N5O3. The lowest BCUT2D eigenvalue weighted by atomic mass is 9.76. The number of aliphatic carboxylic acids is 1. The smallest absolute Gasteiger partial charge is 0.326 e. The van der Waals surface area contributed by atoms with Gasteiger partial charge in [0.05, 0.1) is 6.54 Å². The lowest BCUT2D eigenvalue weighted by Gasteiger charge is -2.38. The second-order valence-electron chi connectivity index (χ2n) is 6.97. The molecule has 3 rings (SSSR count). The van der Waals surface area contributed by atoms with Crippen molar-refractivity contribution >= 4 is 11.9 Å². The normalized spacial score (nSPS) is 23.8. The van der Waals surface area contributed by atoms with Crippen LogP contribution in [0.3, 0.4) is 0 Å². The van der Waals surface area contributed by atoms with E-state index in [9.17, 15) is 14.7 Å². The molecule has 1 aromatic heterocycles. The number of likely N-dealkylation sites (tertiary alicyclic amines) is 2. The van der Waals surface area contributed by atoms with Gasteiger partial charge in [0.15, 0.2) is 0 Å². The Balaban J connectivity index is 1.62. The average Bonchev–Trinajstić information content (AvgIpc) is 3.14. The van der Waals surface area contributed by atoms with Crippen molar-refractivity contribution in [3.8, 4) is 0 Å². The van der Waals surface area contributed by atoms with E-state index >= 15 is 0 Å². The van der Waals surface area contributed by atoms with Crippen LogP contribution in [0.2, 0.25) is 0 Å². The molecule has 0 aliphatic carbocycles. The van der Waals surface area contributed by atoms with Gasteiger partial charge in [0.25, 0.3) is 0 Å². The standard InChI is InChI=1S/C16H25N5O3/c1-3-21-14(17-11-18-21)9-19-6-4-16(5-7-19)8-13(15(23)24)20(10-16)12(2)22/h11,13H,3-10H2,1-2H3,(H,23,24)/t13-/m1/s1. The second-order valence-corrected chi connectivity index (χ2v) is 6.97. The summed E-state index contributed by atoms with van der Waals surface area (Å²) in [5, 5.41) is 13.6. The number of carbonyl (C=O) groups is 2. The summed E-state index contributed by atoms with van der Waals surface area (Å²) in [4.78, 5) is 31.4. The minimum atomic E-state index is -0.888. The Bertz CT molecular complexity index is 597. The van der Waals surface area contributed by atoms with Crippen LogP contribution < -0.4 is 0 Å². The summed E-state index contributed by atoms with van der Waals surface area (Å²) in [5.41, 5.74) is -0.0519. The number of hydrogen-bond acceptors (Lipinski definition) is 5. The molecule has 0 saturated carbocycles. The summed E-state index contributed by atoms with van der Waals surface area (Å²) in [6, 6.07) is -0.669. The molecule has 1 aromatic rings. The highest BCUT2D eigenvalue weighted by atomic mass is 16.4. The molecule has 8 heteroatoms. The van der Waals surface area contributed by atoms with Crippen LogP contribution in [-0.4, -0.2) is 67.2 Å². The molecule has 0 radical (unpaired) electrons. The monoisotopic (exact) mass is 335 g/mol. The molecule has 24 heavy (non-hydrogen) atoms. The molecule has 1 N–H and O–H groups in total. The van der Waals surface area contributed by atoms with E-state index in [0.717, 1.165) is 44.8 Å². The first kappa shape index (κ1) is 16.9. The van der Waals surface area contributed by atoms with Crippen molar-refractivity contribution in [3.05, 3.63) is 12.2 Å². The van der Waals surface area contributed by atoms with Gasteiger partial charge in [-0.15, -0.1) is 0 Å². The van der Waals surface area contributed by atoms with Gasteiger partial charge in [0.2, 0.25) is 5.91 Å². The number of carboxylic acids is 1. The van der Waals surface area contributed by atoms with E-state index in [0.29, 0.717) is 13.0 Å². The number of hydrogen-bond donors (Lipinski definition) is 1. The minimum Gasteiger partial charge on any atom is -0.480 e. The zero-order valence-corrected chi connectivity index (χ0v) is 14.3. The Labute approximate surface area is 141 Å². The Morgan fingerprint density at radius 1 is 1.38 bits per heavy atom. The highest BCUT2D eigenvalue weighted by Crippen LogP contribution is 2.43. The predicted molar refractivity (Wildman–Crippen MR) is 86.1 cm³/mol. The van der Waals surface area contributed by atoms with Gasteiger partial charge in [0, 0.05) is 20.0 Å². The van der Waals surface area contributed by atoms with Gasteiger partial charge in [0.1, 0.15) is 18.2 Å². The van der Waals surface area contributed by atoms with Gasteiger partial charge in [-0.25, -0.2) is 14.5 Å². The first-order chi connectivity index (χ1) is 11.4. The summed E-state index contributed by atoms with van der Waals surface area (Å²) in [6.45, 7) is 7.44. The molecular weight excluding hydrogens is 310 g/mol. The van der Waals surface area contributed by atoms with Crippen molar-refractivity contribution in [1.29, 1.82) is 0 Å². The van der Waals surface area contributed by atoms with Crippen LogP contribution in [0.5, 0.6) is 0 Å². The molecule has 2 saturated heterocycles. The molecule has 1 atom stereocenters. The third-order valence-electron chi connectivity index (χ3n) is 5.47. The first-order valence-electron chi connectivity index (χ1n) is 8.53. The molecule has 2 aliphatic rings. The van der Waals surface area contributed by atoms with Crippen molar-refractivity contribution in [2.75, 3.05) is 19.6 Å². The van der Waals surface area contributed by atoms with Gasteiger partial charge in [-0.3, -0.25) is 9.69 Å². The molecule has 2 aliphatic heterocycles. The molecule has 0 aromatic carbocycles. The van der Waals surface area contributed by atoms with Crippen LogP contribution in [0.15, 0.2) is 6.33 Å². The average molecular weight is 335 g/mol. The number of aryl methyl sites for hydroxylation is 1. The zero-order chi connectivity index (χ0) is 17.3. The lowest BCUT2D eigenvalue weighted by Crippen LogP contribution is -2.42. The fourth-order valence-electron chi connectivity index (χ4n) is 4.03. The fourth-order valence-corrected chi connectivity index (χ4v) is 4.03. The van der Waals surface area contributed by atoms with Crippen LogP contribution in [0.25, 0.3) is 0 Å². The quantitative estimate of drug-likeness (QED) is 0.866. The summed E-state index contributed by atoms with van der Waals surface area (Å²) in [6.07, 6.45) is 3.99. The topological polar surface area (TPSA) is 91.6 Å². The Hall–Kier alpha value is -1.96. The highest BCUT2D eigenvalue weighted by molar-refractivity contribution is 5.83. The summed E-state index contributed by atoms with van der Waals surface area (Å²) >= 11 is 0. The van der Waals surface area contributed by atoms with Crippen molar-refractivity contribution in [2.45, 2.75) is 52.2 Å². The predicted octanol–water partition coefficient (Wildman–Crippen LogP) is 0.586. The van der Waals surface area contributed by atoms with E-state index in [-0.39, 0.29) is 11.3 Å². The van der Waals surface area contributed by atoms with Crippen LogP contribution in [0, 0.1) is 5.41 Å².